The quantitative estimate of drug-likeness (QED) is 0.861. The molecule has 1 saturated carbocycles. The molecule has 3 heterocycles. The lowest BCUT2D eigenvalue weighted by molar-refractivity contribution is -0.134. The van der Waals surface area contributed by atoms with E-state index in [2.05, 4.69) is 38.7 Å². The summed E-state index contributed by atoms with van der Waals surface area (Å²) in [5.74, 6) is 1.53. The summed E-state index contributed by atoms with van der Waals surface area (Å²) in [4.78, 5) is 19.0. The van der Waals surface area contributed by atoms with Crippen LogP contribution in [0.1, 0.15) is 42.1 Å². The third-order valence-corrected chi connectivity index (χ3v) is 5.68. The van der Waals surface area contributed by atoms with Gasteiger partial charge in [0.1, 0.15) is 0 Å². The van der Waals surface area contributed by atoms with Crippen LogP contribution in [-0.4, -0.2) is 38.7 Å². The molecule has 5 nitrogen and oxygen atoms in total. The molecule has 25 heavy (non-hydrogen) atoms. The summed E-state index contributed by atoms with van der Waals surface area (Å²) in [7, 11) is 0. The Labute approximate surface area is 149 Å². The summed E-state index contributed by atoms with van der Waals surface area (Å²) in [6.07, 6.45) is 6.83. The van der Waals surface area contributed by atoms with Gasteiger partial charge in [-0.1, -0.05) is 6.07 Å². The molecule has 1 saturated heterocycles. The van der Waals surface area contributed by atoms with Crippen molar-refractivity contribution in [3.05, 3.63) is 47.5 Å². The van der Waals surface area contributed by atoms with Crippen LogP contribution in [0.5, 0.6) is 0 Å². The van der Waals surface area contributed by atoms with Crippen molar-refractivity contribution in [1.82, 2.24) is 19.7 Å². The highest BCUT2D eigenvalue weighted by atomic mass is 16.2. The van der Waals surface area contributed by atoms with E-state index in [4.69, 9.17) is 0 Å². The molecule has 1 aliphatic carbocycles. The lowest BCUT2D eigenvalue weighted by atomic mass is 9.96. The van der Waals surface area contributed by atoms with Gasteiger partial charge in [0.2, 0.25) is 5.91 Å². The molecule has 5 heteroatoms. The largest absolute Gasteiger partial charge is 0.342 e. The maximum atomic E-state index is 12.8. The van der Waals surface area contributed by atoms with Gasteiger partial charge in [0.15, 0.2) is 0 Å². The number of rotatable bonds is 4. The fourth-order valence-corrected chi connectivity index (χ4v) is 4.11. The second-order valence-electron chi connectivity index (χ2n) is 7.61. The van der Waals surface area contributed by atoms with Crippen molar-refractivity contribution < 1.29 is 4.79 Å². The van der Waals surface area contributed by atoms with E-state index in [-0.39, 0.29) is 5.92 Å². The van der Waals surface area contributed by atoms with Crippen LogP contribution in [0, 0.1) is 25.7 Å². The number of hydrogen-bond donors (Lipinski definition) is 0. The standard InChI is InChI=1S/C20H26N4O/c1-14-10-15(2)24(22-14)13-16-5-8-23(9-6-16)20(25)19-11-18(19)17-4-3-7-21-12-17/h3-4,7,10,12,16,18-19H,5-6,8-9,11,13H2,1-2H3/t18-,19-/m0/s1. The van der Waals surface area contributed by atoms with Gasteiger partial charge in [0.05, 0.1) is 5.69 Å². The summed E-state index contributed by atoms with van der Waals surface area (Å²) in [5, 5.41) is 4.57. The Morgan fingerprint density at radius 1 is 1.28 bits per heavy atom. The van der Waals surface area contributed by atoms with Gasteiger partial charge in [-0.3, -0.25) is 14.5 Å². The van der Waals surface area contributed by atoms with E-state index in [1.54, 1.807) is 6.20 Å². The molecule has 2 aliphatic rings. The van der Waals surface area contributed by atoms with Crippen molar-refractivity contribution in [3.8, 4) is 0 Å². The SMILES string of the molecule is Cc1cc(C)n(CC2CCN(C(=O)[C@H]3C[C@H]3c3cccnc3)CC2)n1. The highest BCUT2D eigenvalue weighted by molar-refractivity contribution is 5.83. The van der Waals surface area contributed by atoms with Crippen LogP contribution in [0.15, 0.2) is 30.6 Å². The average molecular weight is 338 g/mol. The molecule has 0 spiro atoms. The lowest BCUT2D eigenvalue weighted by Gasteiger charge is -2.32. The zero-order valence-corrected chi connectivity index (χ0v) is 15.1. The molecule has 1 amide bonds. The van der Waals surface area contributed by atoms with Crippen molar-refractivity contribution in [2.75, 3.05) is 13.1 Å². The molecule has 2 atom stereocenters. The number of amides is 1. The van der Waals surface area contributed by atoms with Crippen LogP contribution in [0.4, 0.5) is 0 Å². The molecule has 1 aliphatic heterocycles. The first-order valence-electron chi connectivity index (χ1n) is 9.31. The third-order valence-electron chi connectivity index (χ3n) is 5.68. The third kappa shape index (κ3) is 3.46. The molecule has 2 aromatic heterocycles. The number of nitrogens with zero attached hydrogens (tertiary/aromatic N) is 4. The van der Waals surface area contributed by atoms with Crippen molar-refractivity contribution in [2.45, 2.75) is 45.6 Å². The predicted molar refractivity (Wildman–Crippen MR) is 96.1 cm³/mol. The Hall–Kier alpha value is -2.17. The first-order valence-corrected chi connectivity index (χ1v) is 9.31. The molecule has 0 N–H and O–H groups in total. The van der Waals surface area contributed by atoms with E-state index < -0.39 is 0 Å². The number of hydrogen-bond acceptors (Lipinski definition) is 3. The second-order valence-corrected chi connectivity index (χ2v) is 7.61. The number of carbonyl (C=O) groups excluding carboxylic acids is 1. The van der Waals surface area contributed by atoms with E-state index in [0.29, 0.717) is 17.7 Å². The van der Waals surface area contributed by atoms with E-state index in [0.717, 1.165) is 44.6 Å². The smallest absolute Gasteiger partial charge is 0.226 e. The monoisotopic (exact) mass is 338 g/mol. The number of pyridine rings is 1. The predicted octanol–water partition coefficient (Wildman–Crippen LogP) is 2.94. The number of likely N-dealkylation sites (tertiary alicyclic amines) is 1. The van der Waals surface area contributed by atoms with Crippen molar-refractivity contribution in [1.29, 1.82) is 0 Å². The van der Waals surface area contributed by atoms with Gasteiger partial charge >= 0.3 is 0 Å². The minimum atomic E-state index is 0.178. The summed E-state index contributed by atoms with van der Waals surface area (Å²) in [6.45, 7) is 6.91. The zero-order valence-electron chi connectivity index (χ0n) is 15.1. The molecular formula is C20H26N4O. The summed E-state index contributed by atoms with van der Waals surface area (Å²) in [6, 6.07) is 6.18. The number of carbonyl (C=O) groups is 1. The van der Waals surface area contributed by atoms with E-state index in [1.807, 2.05) is 19.2 Å². The second kappa shape index (κ2) is 6.62. The number of aryl methyl sites for hydroxylation is 2. The van der Waals surface area contributed by atoms with Gasteiger partial charge in [-0.05, 0) is 62.6 Å². The average Bonchev–Trinajstić information content (AvgIpc) is 3.36. The van der Waals surface area contributed by atoms with Crippen LogP contribution in [0.25, 0.3) is 0 Å². The van der Waals surface area contributed by atoms with Crippen LogP contribution in [-0.2, 0) is 11.3 Å². The topological polar surface area (TPSA) is 51.0 Å². The molecule has 0 bridgehead atoms. The Bertz CT molecular complexity index is 746. The van der Waals surface area contributed by atoms with Crippen molar-refractivity contribution >= 4 is 5.91 Å². The fraction of sp³-hybridized carbons (Fsp3) is 0.550. The first-order chi connectivity index (χ1) is 12.1. The maximum absolute atomic E-state index is 12.8. The van der Waals surface area contributed by atoms with Crippen LogP contribution in [0.3, 0.4) is 0 Å². The van der Waals surface area contributed by atoms with E-state index in [1.165, 1.54) is 11.3 Å². The first kappa shape index (κ1) is 16.3. The molecule has 2 fully saturated rings. The molecule has 2 aromatic rings. The Balaban J connectivity index is 1.29. The Morgan fingerprint density at radius 2 is 2.08 bits per heavy atom. The molecule has 132 valence electrons. The minimum Gasteiger partial charge on any atom is -0.342 e. The van der Waals surface area contributed by atoms with Crippen LogP contribution < -0.4 is 0 Å². The molecule has 4 rings (SSSR count). The highest BCUT2D eigenvalue weighted by Gasteiger charge is 2.46. The molecular weight excluding hydrogens is 312 g/mol. The Morgan fingerprint density at radius 3 is 2.72 bits per heavy atom. The van der Waals surface area contributed by atoms with Crippen molar-refractivity contribution in [2.24, 2.45) is 11.8 Å². The molecule has 0 unspecified atom stereocenters. The lowest BCUT2D eigenvalue weighted by Crippen LogP contribution is -2.40. The van der Waals surface area contributed by atoms with Gasteiger partial charge in [-0.25, -0.2) is 0 Å². The summed E-state index contributed by atoms with van der Waals surface area (Å²) in [5.41, 5.74) is 3.52. The van der Waals surface area contributed by atoms with Gasteiger partial charge in [0.25, 0.3) is 0 Å². The van der Waals surface area contributed by atoms with Gasteiger partial charge in [-0.2, -0.15) is 5.10 Å². The Kier molecular flexibility index (Phi) is 4.32. The normalized spacial score (nSPS) is 23.7. The summed E-state index contributed by atoms with van der Waals surface area (Å²) >= 11 is 0. The number of aromatic nitrogens is 3. The van der Waals surface area contributed by atoms with E-state index in [9.17, 15) is 4.79 Å². The van der Waals surface area contributed by atoms with Crippen molar-refractivity contribution in [3.63, 3.8) is 0 Å². The molecule has 0 aromatic carbocycles. The zero-order chi connectivity index (χ0) is 17.4. The van der Waals surface area contributed by atoms with Gasteiger partial charge in [0, 0.05) is 43.6 Å². The molecule has 0 radical (unpaired) electrons. The van der Waals surface area contributed by atoms with Gasteiger partial charge in [-0.15, -0.1) is 0 Å². The van der Waals surface area contributed by atoms with Gasteiger partial charge < -0.3 is 4.90 Å². The summed E-state index contributed by atoms with van der Waals surface area (Å²) < 4.78 is 2.12. The van der Waals surface area contributed by atoms with E-state index >= 15 is 0 Å². The highest BCUT2D eigenvalue weighted by Crippen LogP contribution is 2.48. The maximum Gasteiger partial charge on any atom is 0.226 e. The van der Waals surface area contributed by atoms with Crippen LogP contribution in [0.2, 0.25) is 0 Å². The van der Waals surface area contributed by atoms with Crippen LogP contribution >= 0.6 is 0 Å². The minimum absolute atomic E-state index is 0.178. The fourth-order valence-electron chi connectivity index (χ4n) is 4.11. The number of piperidine rings is 1.